The van der Waals surface area contributed by atoms with Crippen molar-refractivity contribution in [3.8, 4) is 0 Å². The van der Waals surface area contributed by atoms with Crippen molar-refractivity contribution in [3.63, 3.8) is 0 Å². The summed E-state index contributed by atoms with van der Waals surface area (Å²) >= 11 is 1.51. The van der Waals surface area contributed by atoms with Gasteiger partial charge >= 0.3 is 5.97 Å². The van der Waals surface area contributed by atoms with Crippen molar-refractivity contribution in [2.45, 2.75) is 13.5 Å². The van der Waals surface area contributed by atoms with E-state index in [1.165, 1.54) is 17.4 Å². The van der Waals surface area contributed by atoms with E-state index < -0.39 is 11.8 Å². The van der Waals surface area contributed by atoms with Crippen LogP contribution >= 0.6 is 11.3 Å². The largest absolute Gasteiger partial charge is 0.478 e. The number of aryl methyl sites for hydroxylation is 1. The van der Waals surface area contributed by atoms with Crippen molar-refractivity contribution >= 4 is 23.0 Å². The first-order valence-corrected chi connectivity index (χ1v) is 6.06. The van der Waals surface area contributed by atoms with Crippen LogP contribution in [0.3, 0.4) is 0 Å². The van der Waals surface area contributed by atoms with Gasteiger partial charge in [-0.3, -0.25) is 0 Å². The summed E-state index contributed by atoms with van der Waals surface area (Å²) < 4.78 is 13.4. The van der Waals surface area contributed by atoms with E-state index in [1.807, 2.05) is 6.92 Å². The normalized spacial score (nSPS) is 10.3. The van der Waals surface area contributed by atoms with Crippen molar-refractivity contribution in [2.24, 2.45) is 0 Å². The highest BCUT2D eigenvalue weighted by Gasteiger charge is 2.15. The molecular weight excluding hydrogens is 255 g/mol. The average Bonchev–Trinajstić information content (AvgIpc) is 2.72. The second-order valence-corrected chi connectivity index (χ2v) is 4.99. The van der Waals surface area contributed by atoms with Crippen molar-refractivity contribution < 1.29 is 14.3 Å². The summed E-state index contributed by atoms with van der Waals surface area (Å²) in [6, 6.07) is 4.15. The third-order valence-corrected chi connectivity index (χ3v) is 3.26. The Bertz CT molecular complexity index is 583. The molecule has 0 atom stereocenters. The molecule has 0 amide bonds. The van der Waals surface area contributed by atoms with Gasteiger partial charge in [0.05, 0.1) is 17.2 Å². The summed E-state index contributed by atoms with van der Waals surface area (Å²) in [6.45, 7) is 2.31. The molecule has 1 aromatic carbocycles. The highest BCUT2D eigenvalue weighted by atomic mass is 32.1. The number of rotatable bonds is 4. The predicted molar refractivity (Wildman–Crippen MR) is 67.5 cm³/mol. The summed E-state index contributed by atoms with van der Waals surface area (Å²) in [4.78, 5) is 16.0. The third-order valence-electron chi connectivity index (χ3n) is 2.35. The lowest BCUT2D eigenvalue weighted by atomic mass is 10.1. The van der Waals surface area contributed by atoms with Crippen LogP contribution in [0.15, 0.2) is 24.4 Å². The number of nitrogens with one attached hydrogen (secondary N) is 1. The molecule has 0 aliphatic heterocycles. The molecule has 0 aliphatic rings. The third kappa shape index (κ3) is 2.65. The molecule has 0 bridgehead atoms. The number of benzene rings is 1. The first-order valence-electron chi connectivity index (χ1n) is 5.25. The van der Waals surface area contributed by atoms with Gasteiger partial charge in [0.15, 0.2) is 0 Å². The second-order valence-electron chi connectivity index (χ2n) is 3.67. The number of thiazole rings is 1. The molecule has 0 saturated carbocycles. The smallest absolute Gasteiger partial charge is 0.340 e. The highest BCUT2D eigenvalue weighted by molar-refractivity contribution is 7.11. The molecule has 1 heterocycles. The number of carboxylic acids is 1. The second kappa shape index (κ2) is 5.14. The van der Waals surface area contributed by atoms with Gasteiger partial charge in [-0.2, -0.15) is 0 Å². The zero-order valence-corrected chi connectivity index (χ0v) is 10.4. The highest BCUT2D eigenvalue weighted by Crippen LogP contribution is 2.21. The van der Waals surface area contributed by atoms with E-state index >= 15 is 0 Å². The molecular formula is C12H11FN2O2S. The van der Waals surface area contributed by atoms with Crippen LogP contribution in [0.2, 0.25) is 0 Å². The molecule has 18 heavy (non-hydrogen) atoms. The van der Waals surface area contributed by atoms with Gasteiger partial charge < -0.3 is 10.4 Å². The minimum Gasteiger partial charge on any atom is -0.478 e. The maximum atomic E-state index is 13.4. The topological polar surface area (TPSA) is 62.2 Å². The molecule has 94 valence electrons. The minimum atomic E-state index is -1.28. The Labute approximate surface area is 107 Å². The summed E-state index contributed by atoms with van der Waals surface area (Å²) in [5.41, 5.74) is -0.0627. The van der Waals surface area contributed by atoms with E-state index in [-0.39, 0.29) is 11.3 Å². The van der Waals surface area contributed by atoms with E-state index in [0.717, 1.165) is 16.0 Å². The molecule has 2 rings (SSSR count). The Morgan fingerprint density at radius 3 is 2.94 bits per heavy atom. The van der Waals surface area contributed by atoms with Crippen LogP contribution in [0.5, 0.6) is 0 Å². The molecule has 0 aliphatic carbocycles. The molecule has 0 spiro atoms. The number of aromatic nitrogens is 1. The van der Waals surface area contributed by atoms with Gasteiger partial charge in [0.25, 0.3) is 0 Å². The van der Waals surface area contributed by atoms with Gasteiger partial charge in [-0.15, -0.1) is 11.3 Å². The van der Waals surface area contributed by atoms with Crippen molar-refractivity contribution in [2.75, 3.05) is 5.32 Å². The average molecular weight is 266 g/mol. The lowest BCUT2D eigenvalue weighted by Gasteiger charge is -2.08. The Morgan fingerprint density at radius 1 is 1.56 bits per heavy atom. The maximum absolute atomic E-state index is 13.4. The standard InChI is InChI=1S/C12H11FN2O2S/c1-7-14-5-8(18-7)6-15-10-4-2-3-9(13)11(10)12(16)17/h2-5,15H,6H2,1H3,(H,16,17). The number of aromatic carboxylic acids is 1. The van der Waals surface area contributed by atoms with Gasteiger partial charge in [0, 0.05) is 11.1 Å². The number of carboxylic acid groups (broad SMARTS) is 1. The lowest BCUT2D eigenvalue weighted by Crippen LogP contribution is -2.08. The van der Waals surface area contributed by atoms with E-state index in [2.05, 4.69) is 10.3 Å². The van der Waals surface area contributed by atoms with Crippen LogP contribution < -0.4 is 5.32 Å². The maximum Gasteiger partial charge on any atom is 0.340 e. The molecule has 2 aromatic rings. The van der Waals surface area contributed by atoms with Crippen LogP contribution in [0.1, 0.15) is 20.2 Å². The van der Waals surface area contributed by atoms with Gasteiger partial charge in [-0.05, 0) is 19.1 Å². The SMILES string of the molecule is Cc1ncc(CNc2cccc(F)c2C(=O)O)s1. The number of carbonyl (C=O) groups is 1. The number of nitrogens with zero attached hydrogens (tertiary/aromatic N) is 1. The van der Waals surface area contributed by atoms with Gasteiger partial charge in [-0.25, -0.2) is 14.2 Å². The summed E-state index contributed by atoms with van der Waals surface area (Å²) in [5, 5.41) is 12.8. The van der Waals surface area contributed by atoms with Crippen LogP contribution in [-0.4, -0.2) is 16.1 Å². The van der Waals surface area contributed by atoms with E-state index in [0.29, 0.717) is 6.54 Å². The van der Waals surface area contributed by atoms with Crippen LogP contribution in [0, 0.1) is 12.7 Å². The fourth-order valence-electron chi connectivity index (χ4n) is 1.56. The molecule has 0 saturated heterocycles. The minimum absolute atomic E-state index is 0.272. The van der Waals surface area contributed by atoms with E-state index in [1.54, 1.807) is 12.3 Å². The zero-order chi connectivity index (χ0) is 13.1. The molecule has 6 heteroatoms. The molecule has 4 nitrogen and oxygen atoms in total. The molecule has 0 radical (unpaired) electrons. The lowest BCUT2D eigenvalue weighted by molar-refractivity contribution is 0.0693. The summed E-state index contributed by atoms with van der Waals surface area (Å²) in [6.07, 6.45) is 1.72. The van der Waals surface area contributed by atoms with Crippen LogP contribution in [-0.2, 0) is 6.54 Å². The van der Waals surface area contributed by atoms with Crippen LogP contribution in [0.4, 0.5) is 10.1 Å². The van der Waals surface area contributed by atoms with Gasteiger partial charge in [-0.1, -0.05) is 6.07 Å². The quantitative estimate of drug-likeness (QED) is 0.893. The Balaban J connectivity index is 2.19. The number of hydrogen-bond acceptors (Lipinski definition) is 4. The van der Waals surface area contributed by atoms with E-state index in [4.69, 9.17) is 5.11 Å². The van der Waals surface area contributed by atoms with Crippen molar-refractivity contribution in [3.05, 3.63) is 45.7 Å². The number of hydrogen-bond donors (Lipinski definition) is 2. The molecule has 2 N–H and O–H groups in total. The summed E-state index contributed by atoms with van der Waals surface area (Å²) in [7, 11) is 0. The Kier molecular flexibility index (Phi) is 3.57. The van der Waals surface area contributed by atoms with Crippen molar-refractivity contribution in [1.82, 2.24) is 4.98 Å². The predicted octanol–water partition coefficient (Wildman–Crippen LogP) is 2.90. The number of halogens is 1. The monoisotopic (exact) mass is 266 g/mol. The fraction of sp³-hybridized carbons (Fsp3) is 0.167. The Morgan fingerprint density at radius 2 is 2.33 bits per heavy atom. The Hall–Kier alpha value is -1.95. The fourth-order valence-corrected chi connectivity index (χ4v) is 2.29. The van der Waals surface area contributed by atoms with Crippen molar-refractivity contribution in [1.29, 1.82) is 0 Å². The molecule has 0 fully saturated rings. The first-order chi connectivity index (χ1) is 8.58. The zero-order valence-electron chi connectivity index (χ0n) is 9.61. The summed E-state index contributed by atoms with van der Waals surface area (Å²) in [5.74, 6) is -2.02. The van der Waals surface area contributed by atoms with E-state index in [9.17, 15) is 9.18 Å². The molecule has 0 unspecified atom stereocenters. The van der Waals surface area contributed by atoms with Gasteiger partial charge in [0.1, 0.15) is 11.4 Å². The first kappa shape index (κ1) is 12.5. The number of anilines is 1. The molecule has 1 aromatic heterocycles. The van der Waals surface area contributed by atoms with Crippen LogP contribution in [0.25, 0.3) is 0 Å². The van der Waals surface area contributed by atoms with Gasteiger partial charge in [0.2, 0.25) is 0 Å².